The Morgan fingerprint density at radius 3 is 2.36 bits per heavy atom. The molecule has 0 aromatic heterocycles. The first-order valence-corrected chi connectivity index (χ1v) is 10.5. The van der Waals surface area contributed by atoms with Crippen molar-refractivity contribution in [3.63, 3.8) is 0 Å². The van der Waals surface area contributed by atoms with Crippen molar-refractivity contribution in [3.8, 4) is 5.75 Å². The van der Waals surface area contributed by atoms with Gasteiger partial charge in [0.05, 0.1) is 24.1 Å². The second-order valence-electron chi connectivity index (χ2n) is 6.73. The van der Waals surface area contributed by atoms with Crippen LogP contribution < -0.4 is 15.4 Å². The van der Waals surface area contributed by atoms with Crippen molar-refractivity contribution in [1.29, 1.82) is 0 Å². The molecule has 3 rings (SSSR count). The van der Waals surface area contributed by atoms with Crippen LogP contribution in [0.3, 0.4) is 0 Å². The Labute approximate surface area is 191 Å². The van der Waals surface area contributed by atoms with Gasteiger partial charge in [0, 0.05) is 16.1 Å². The normalized spacial score (nSPS) is 11.1. The molecule has 2 N–H and O–H groups in total. The molecule has 2 amide bonds. The number of halogens is 4. The summed E-state index contributed by atoms with van der Waals surface area (Å²) in [7, 11) is 1.50. The summed E-state index contributed by atoms with van der Waals surface area (Å²) in [6, 6.07) is 14.5. The zero-order valence-electron chi connectivity index (χ0n) is 17.2. The van der Waals surface area contributed by atoms with Crippen LogP contribution in [0.2, 0.25) is 0 Å². The van der Waals surface area contributed by atoms with Gasteiger partial charge in [-0.05, 0) is 60.7 Å². The van der Waals surface area contributed by atoms with E-state index < -0.39 is 35.1 Å². The monoisotopic (exact) mass is 478 g/mol. The summed E-state index contributed by atoms with van der Waals surface area (Å²) in [6.07, 6.45) is -4.78. The van der Waals surface area contributed by atoms with Crippen LogP contribution >= 0.6 is 11.8 Å². The van der Waals surface area contributed by atoms with Crippen molar-refractivity contribution < 1.29 is 31.9 Å². The number of methoxy groups -OCH3 is 1. The lowest BCUT2D eigenvalue weighted by atomic mass is 10.1. The van der Waals surface area contributed by atoms with Gasteiger partial charge in [-0.25, -0.2) is 4.39 Å². The van der Waals surface area contributed by atoms with Crippen molar-refractivity contribution in [2.24, 2.45) is 0 Å². The lowest BCUT2D eigenvalue weighted by molar-refractivity contribution is -0.136. The van der Waals surface area contributed by atoms with E-state index in [1.54, 1.807) is 24.3 Å². The zero-order chi connectivity index (χ0) is 24.0. The number of amides is 2. The molecule has 0 heterocycles. The van der Waals surface area contributed by atoms with Crippen molar-refractivity contribution >= 4 is 35.0 Å². The van der Waals surface area contributed by atoms with Crippen molar-refractivity contribution in [1.82, 2.24) is 0 Å². The predicted molar refractivity (Wildman–Crippen MR) is 118 cm³/mol. The number of carbonyl (C=O) groups is 2. The van der Waals surface area contributed by atoms with Gasteiger partial charge in [0.25, 0.3) is 5.91 Å². The molecule has 10 heteroatoms. The SMILES string of the molecule is COc1cccc(SCC(=O)Nc2ccc(NC(=O)c3ccc(F)cc3)cc2C(F)(F)F)c1. The van der Waals surface area contributed by atoms with E-state index in [-0.39, 0.29) is 17.0 Å². The van der Waals surface area contributed by atoms with Crippen LogP contribution in [0.4, 0.5) is 28.9 Å². The fourth-order valence-electron chi connectivity index (χ4n) is 2.80. The largest absolute Gasteiger partial charge is 0.497 e. The number of nitrogens with one attached hydrogen (secondary N) is 2. The van der Waals surface area contributed by atoms with Crippen molar-refractivity contribution in [3.05, 3.63) is 83.7 Å². The van der Waals surface area contributed by atoms with Gasteiger partial charge in [0.2, 0.25) is 5.91 Å². The number of benzene rings is 3. The highest BCUT2D eigenvalue weighted by atomic mass is 32.2. The lowest BCUT2D eigenvalue weighted by Crippen LogP contribution is -2.19. The van der Waals surface area contributed by atoms with E-state index >= 15 is 0 Å². The Morgan fingerprint density at radius 1 is 0.970 bits per heavy atom. The average molecular weight is 478 g/mol. The summed E-state index contributed by atoms with van der Waals surface area (Å²) in [5.41, 5.74) is -1.59. The standard InChI is InChI=1S/C23H18F4N2O3S/c1-32-17-3-2-4-18(12-17)33-13-21(30)29-20-10-9-16(11-19(20)23(25,26)27)28-22(31)14-5-7-15(24)8-6-14/h2-12H,13H2,1H3,(H,28,31)(H,29,30). The topological polar surface area (TPSA) is 67.4 Å². The first-order valence-electron chi connectivity index (χ1n) is 9.50. The number of rotatable bonds is 7. The summed E-state index contributed by atoms with van der Waals surface area (Å²) in [6.45, 7) is 0. The number of carbonyl (C=O) groups excluding carboxylic acids is 2. The first-order chi connectivity index (χ1) is 15.7. The van der Waals surface area contributed by atoms with E-state index in [0.29, 0.717) is 5.75 Å². The van der Waals surface area contributed by atoms with E-state index in [2.05, 4.69) is 10.6 Å². The highest BCUT2D eigenvalue weighted by molar-refractivity contribution is 8.00. The fraction of sp³-hybridized carbons (Fsp3) is 0.130. The quantitative estimate of drug-likeness (QED) is 0.331. The molecular formula is C23H18F4N2O3S. The summed E-state index contributed by atoms with van der Waals surface area (Å²) in [5, 5.41) is 4.61. The molecule has 3 aromatic carbocycles. The van der Waals surface area contributed by atoms with Gasteiger partial charge in [-0.15, -0.1) is 11.8 Å². The number of anilines is 2. The second-order valence-corrected chi connectivity index (χ2v) is 7.78. The molecule has 3 aromatic rings. The van der Waals surface area contributed by atoms with Crippen LogP contribution in [0.1, 0.15) is 15.9 Å². The van der Waals surface area contributed by atoms with Crippen molar-refractivity contribution in [2.75, 3.05) is 23.5 Å². The molecule has 0 saturated carbocycles. The molecule has 0 bridgehead atoms. The maximum atomic E-state index is 13.6. The summed E-state index contributed by atoms with van der Waals surface area (Å²) >= 11 is 1.14. The van der Waals surface area contributed by atoms with Gasteiger partial charge in [-0.3, -0.25) is 9.59 Å². The van der Waals surface area contributed by atoms with Gasteiger partial charge in [-0.1, -0.05) is 6.07 Å². The molecule has 33 heavy (non-hydrogen) atoms. The molecule has 0 saturated heterocycles. The van der Waals surface area contributed by atoms with E-state index in [4.69, 9.17) is 4.74 Å². The smallest absolute Gasteiger partial charge is 0.418 e. The van der Waals surface area contributed by atoms with E-state index in [1.165, 1.54) is 25.3 Å². The van der Waals surface area contributed by atoms with Crippen LogP contribution in [-0.2, 0) is 11.0 Å². The maximum absolute atomic E-state index is 13.6. The minimum atomic E-state index is -4.78. The van der Waals surface area contributed by atoms with Gasteiger partial charge >= 0.3 is 6.18 Å². The highest BCUT2D eigenvalue weighted by Crippen LogP contribution is 2.37. The number of ether oxygens (including phenoxy) is 1. The molecule has 0 unspecified atom stereocenters. The molecule has 0 aliphatic carbocycles. The third kappa shape index (κ3) is 6.72. The van der Waals surface area contributed by atoms with E-state index in [9.17, 15) is 27.2 Å². The molecule has 0 spiro atoms. The van der Waals surface area contributed by atoms with E-state index in [1.807, 2.05) is 0 Å². The van der Waals surface area contributed by atoms with Gasteiger partial charge in [-0.2, -0.15) is 13.2 Å². The number of hydrogen-bond donors (Lipinski definition) is 2. The average Bonchev–Trinajstić information content (AvgIpc) is 2.78. The Kier molecular flexibility index (Phi) is 7.59. The zero-order valence-corrected chi connectivity index (χ0v) is 18.0. The van der Waals surface area contributed by atoms with Crippen LogP contribution in [0.5, 0.6) is 5.75 Å². The first kappa shape index (κ1) is 24.1. The summed E-state index contributed by atoms with van der Waals surface area (Å²) in [4.78, 5) is 25.2. The highest BCUT2D eigenvalue weighted by Gasteiger charge is 2.34. The van der Waals surface area contributed by atoms with Crippen LogP contribution in [0, 0.1) is 5.82 Å². The third-order valence-electron chi connectivity index (χ3n) is 4.37. The van der Waals surface area contributed by atoms with Gasteiger partial charge in [0.15, 0.2) is 0 Å². The molecule has 0 atom stereocenters. The molecule has 5 nitrogen and oxygen atoms in total. The molecule has 0 aliphatic heterocycles. The van der Waals surface area contributed by atoms with Gasteiger partial charge < -0.3 is 15.4 Å². The van der Waals surface area contributed by atoms with Crippen molar-refractivity contribution in [2.45, 2.75) is 11.1 Å². The van der Waals surface area contributed by atoms with Crippen LogP contribution in [-0.4, -0.2) is 24.7 Å². The van der Waals surface area contributed by atoms with Crippen LogP contribution in [0.25, 0.3) is 0 Å². The van der Waals surface area contributed by atoms with Crippen LogP contribution in [0.15, 0.2) is 71.6 Å². The number of hydrogen-bond acceptors (Lipinski definition) is 4. The molecule has 0 aliphatic rings. The minimum Gasteiger partial charge on any atom is -0.497 e. The molecule has 172 valence electrons. The van der Waals surface area contributed by atoms with E-state index in [0.717, 1.165) is 40.9 Å². The molecule has 0 radical (unpaired) electrons. The Balaban J connectivity index is 1.71. The maximum Gasteiger partial charge on any atom is 0.418 e. The minimum absolute atomic E-state index is 0.0805. The fourth-order valence-corrected chi connectivity index (χ4v) is 3.54. The second kappa shape index (κ2) is 10.4. The number of thioether (sulfide) groups is 1. The van der Waals surface area contributed by atoms with Gasteiger partial charge in [0.1, 0.15) is 11.6 Å². The Bertz CT molecular complexity index is 1150. The third-order valence-corrected chi connectivity index (χ3v) is 5.37. The number of alkyl halides is 3. The predicted octanol–water partition coefficient (Wildman–Crippen LogP) is 5.84. The summed E-state index contributed by atoms with van der Waals surface area (Å²) in [5.74, 6) is -1.40. The summed E-state index contributed by atoms with van der Waals surface area (Å²) < 4.78 is 58.9. The lowest BCUT2D eigenvalue weighted by Gasteiger charge is -2.16. The molecule has 0 fully saturated rings. The molecular weight excluding hydrogens is 460 g/mol. The Hall–Kier alpha value is -3.53. The Morgan fingerprint density at radius 2 is 1.70 bits per heavy atom.